The Labute approximate surface area is 178 Å². The second-order valence-corrected chi connectivity index (χ2v) is 7.87. The molecule has 0 radical (unpaired) electrons. The molecule has 0 saturated carbocycles. The molecule has 150 valence electrons. The summed E-state index contributed by atoms with van der Waals surface area (Å²) >= 11 is 6.22. The summed E-state index contributed by atoms with van der Waals surface area (Å²) in [5, 5.41) is 14.1. The van der Waals surface area contributed by atoms with Crippen molar-refractivity contribution in [2.45, 2.75) is 25.4 Å². The molecule has 7 heteroatoms. The fraction of sp³-hybridized carbons (Fsp3) is 0.217. The largest absolute Gasteiger partial charge is 0.378 e. The van der Waals surface area contributed by atoms with Gasteiger partial charge in [-0.1, -0.05) is 54.1 Å². The molecule has 0 amide bonds. The zero-order chi connectivity index (χ0) is 20.7. The first kappa shape index (κ1) is 18.9. The van der Waals surface area contributed by atoms with E-state index in [0.717, 1.165) is 28.1 Å². The van der Waals surface area contributed by atoms with Gasteiger partial charge in [0.15, 0.2) is 17.1 Å². The van der Waals surface area contributed by atoms with Gasteiger partial charge in [0.05, 0.1) is 23.6 Å². The van der Waals surface area contributed by atoms with E-state index >= 15 is 0 Å². The maximum atomic E-state index is 12.9. The van der Waals surface area contributed by atoms with Crippen LogP contribution in [0.5, 0.6) is 0 Å². The molecule has 1 aliphatic carbocycles. The SMILES string of the molecule is COCc1nn2c3c(nnc2c1-c1cccc(Cl)c1)C(=O)CC(c1ccccc1)C3. The maximum Gasteiger partial charge on any atom is 0.185 e. The van der Waals surface area contributed by atoms with E-state index in [1.165, 1.54) is 0 Å². The highest BCUT2D eigenvalue weighted by molar-refractivity contribution is 6.30. The lowest BCUT2D eigenvalue weighted by atomic mass is 9.83. The Kier molecular flexibility index (Phi) is 4.81. The Bertz CT molecular complexity index is 1250. The summed E-state index contributed by atoms with van der Waals surface area (Å²) in [5.74, 6) is 0.0795. The molecular weight excluding hydrogens is 400 g/mol. The van der Waals surface area contributed by atoms with Gasteiger partial charge < -0.3 is 4.74 Å². The van der Waals surface area contributed by atoms with E-state index in [0.29, 0.717) is 35.8 Å². The number of halogens is 1. The number of ether oxygens (including phenoxy) is 1. The van der Waals surface area contributed by atoms with E-state index in [2.05, 4.69) is 22.3 Å². The topological polar surface area (TPSA) is 69.4 Å². The summed E-state index contributed by atoms with van der Waals surface area (Å²) in [6.45, 7) is 0.316. The van der Waals surface area contributed by atoms with Crippen LogP contribution in [0.25, 0.3) is 16.8 Å². The minimum Gasteiger partial charge on any atom is -0.378 e. The smallest absolute Gasteiger partial charge is 0.185 e. The monoisotopic (exact) mass is 418 g/mol. The molecule has 0 N–H and O–H groups in total. The van der Waals surface area contributed by atoms with Crippen molar-refractivity contribution in [3.63, 3.8) is 0 Å². The quantitative estimate of drug-likeness (QED) is 0.488. The van der Waals surface area contributed by atoms with Gasteiger partial charge in [-0.05, 0) is 35.6 Å². The van der Waals surface area contributed by atoms with Gasteiger partial charge in [0.1, 0.15) is 0 Å². The molecule has 2 aromatic carbocycles. The molecule has 1 unspecified atom stereocenters. The van der Waals surface area contributed by atoms with Gasteiger partial charge in [-0.2, -0.15) is 5.10 Å². The third kappa shape index (κ3) is 3.18. The van der Waals surface area contributed by atoms with E-state index < -0.39 is 0 Å². The molecule has 0 saturated heterocycles. The van der Waals surface area contributed by atoms with Gasteiger partial charge in [0.2, 0.25) is 0 Å². The lowest BCUT2D eigenvalue weighted by molar-refractivity contribution is 0.0955. The van der Waals surface area contributed by atoms with Crippen LogP contribution in [0.15, 0.2) is 54.6 Å². The molecule has 0 bridgehead atoms. The number of aromatic nitrogens is 4. The average molecular weight is 419 g/mol. The van der Waals surface area contributed by atoms with E-state index in [-0.39, 0.29) is 11.7 Å². The average Bonchev–Trinajstić information content (AvgIpc) is 3.13. The number of nitrogens with zero attached hydrogens (tertiary/aromatic N) is 4. The highest BCUT2D eigenvalue weighted by atomic mass is 35.5. The normalized spacial score (nSPS) is 16.1. The Hall–Kier alpha value is -3.09. The number of hydrogen-bond acceptors (Lipinski definition) is 5. The van der Waals surface area contributed by atoms with Crippen molar-refractivity contribution in [1.82, 2.24) is 19.8 Å². The van der Waals surface area contributed by atoms with Crippen molar-refractivity contribution in [2.75, 3.05) is 7.11 Å². The Morgan fingerprint density at radius 3 is 2.70 bits per heavy atom. The number of methoxy groups -OCH3 is 1. The van der Waals surface area contributed by atoms with Crippen LogP contribution in [0.2, 0.25) is 5.02 Å². The molecule has 6 nitrogen and oxygen atoms in total. The summed E-state index contributed by atoms with van der Waals surface area (Å²) < 4.78 is 7.15. The number of carbonyl (C=O) groups excluding carboxylic acids is 1. The summed E-state index contributed by atoms with van der Waals surface area (Å²) in [5.41, 5.74) is 5.38. The predicted octanol–water partition coefficient (Wildman–Crippen LogP) is 4.50. The second-order valence-electron chi connectivity index (χ2n) is 7.43. The van der Waals surface area contributed by atoms with Crippen molar-refractivity contribution in [1.29, 1.82) is 0 Å². The molecule has 0 fully saturated rings. The van der Waals surface area contributed by atoms with Gasteiger partial charge in [0, 0.05) is 18.6 Å². The minimum absolute atomic E-state index is 0.00685. The number of ketones is 1. The maximum absolute atomic E-state index is 12.9. The third-order valence-electron chi connectivity index (χ3n) is 5.51. The number of Topliss-reactive ketones (excluding diaryl/α,β-unsaturated/α-hetero) is 1. The summed E-state index contributed by atoms with van der Waals surface area (Å²) in [4.78, 5) is 12.9. The van der Waals surface area contributed by atoms with Gasteiger partial charge in [-0.25, -0.2) is 4.52 Å². The molecular formula is C23H19ClN4O2. The Morgan fingerprint density at radius 1 is 1.10 bits per heavy atom. The molecule has 1 aliphatic rings. The van der Waals surface area contributed by atoms with Crippen LogP contribution in [0.1, 0.15) is 39.8 Å². The van der Waals surface area contributed by atoms with E-state index in [4.69, 9.17) is 21.4 Å². The van der Waals surface area contributed by atoms with Crippen LogP contribution >= 0.6 is 11.6 Å². The first-order valence-corrected chi connectivity index (χ1v) is 10.1. The first-order valence-electron chi connectivity index (χ1n) is 9.76. The Morgan fingerprint density at radius 2 is 1.93 bits per heavy atom. The minimum atomic E-state index is -0.00685. The van der Waals surface area contributed by atoms with Crippen LogP contribution < -0.4 is 0 Å². The molecule has 2 heterocycles. The zero-order valence-electron chi connectivity index (χ0n) is 16.4. The number of benzene rings is 2. The lowest BCUT2D eigenvalue weighted by Gasteiger charge is -2.23. The standard InChI is InChI=1S/C23H19ClN4O2/c1-30-13-18-21(15-8-5-9-17(24)10-15)23-26-25-22-19(28(23)27-18)11-16(12-20(22)29)14-6-3-2-4-7-14/h2-10,16H,11-13H2,1H3. The van der Waals surface area contributed by atoms with Gasteiger partial charge >= 0.3 is 0 Å². The van der Waals surface area contributed by atoms with Gasteiger partial charge in [0.25, 0.3) is 0 Å². The molecule has 5 rings (SSSR count). The first-order chi connectivity index (χ1) is 14.7. The summed E-state index contributed by atoms with van der Waals surface area (Å²) in [7, 11) is 1.63. The number of hydrogen-bond donors (Lipinski definition) is 0. The molecule has 2 aromatic heterocycles. The fourth-order valence-electron chi connectivity index (χ4n) is 4.15. The second kappa shape index (κ2) is 7.63. The molecule has 0 spiro atoms. The molecule has 4 aromatic rings. The lowest BCUT2D eigenvalue weighted by Crippen LogP contribution is -2.24. The summed E-state index contributed by atoms with van der Waals surface area (Å²) in [6, 6.07) is 17.6. The van der Waals surface area contributed by atoms with Crippen molar-refractivity contribution < 1.29 is 9.53 Å². The van der Waals surface area contributed by atoms with E-state index in [1.807, 2.05) is 42.5 Å². The molecule has 1 atom stereocenters. The number of rotatable bonds is 4. The highest BCUT2D eigenvalue weighted by Crippen LogP contribution is 2.35. The Balaban J connectivity index is 1.70. The van der Waals surface area contributed by atoms with E-state index in [1.54, 1.807) is 11.6 Å². The van der Waals surface area contributed by atoms with Gasteiger partial charge in [-0.15, -0.1) is 10.2 Å². The van der Waals surface area contributed by atoms with Crippen LogP contribution in [0.4, 0.5) is 0 Å². The van der Waals surface area contributed by atoms with Crippen LogP contribution in [-0.4, -0.2) is 32.7 Å². The van der Waals surface area contributed by atoms with Crippen LogP contribution in [0.3, 0.4) is 0 Å². The van der Waals surface area contributed by atoms with Crippen molar-refractivity contribution in [3.05, 3.63) is 82.3 Å². The highest BCUT2D eigenvalue weighted by Gasteiger charge is 2.31. The van der Waals surface area contributed by atoms with Gasteiger partial charge in [-0.3, -0.25) is 4.79 Å². The predicted molar refractivity (Wildman–Crippen MR) is 114 cm³/mol. The van der Waals surface area contributed by atoms with E-state index in [9.17, 15) is 4.79 Å². The van der Waals surface area contributed by atoms with Crippen LogP contribution in [0, 0.1) is 0 Å². The molecule has 30 heavy (non-hydrogen) atoms. The third-order valence-corrected chi connectivity index (χ3v) is 5.74. The van der Waals surface area contributed by atoms with Crippen molar-refractivity contribution in [3.8, 4) is 11.1 Å². The van der Waals surface area contributed by atoms with Crippen molar-refractivity contribution in [2.24, 2.45) is 0 Å². The zero-order valence-corrected chi connectivity index (χ0v) is 17.1. The summed E-state index contributed by atoms with van der Waals surface area (Å²) in [6.07, 6.45) is 1.09. The van der Waals surface area contributed by atoms with Crippen molar-refractivity contribution >= 4 is 23.0 Å². The number of fused-ring (bicyclic) bond motifs is 3. The number of carbonyl (C=O) groups is 1. The molecule has 0 aliphatic heterocycles. The van der Waals surface area contributed by atoms with Crippen LogP contribution in [-0.2, 0) is 17.8 Å². The fourth-order valence-corrected chi connectivity index (χ4v) is 4.34.